The summed E-state index contributed by atoms with van der Waals surface area (Å²) in [5.41, 5.74) is 2.69. The van der Waals surface area contributed by atoms with Crippen molar-refractivity contribution in [2.75, 3.05) is 10.6 Å². The van der Waals surface area contributed by atoms with Crippen LogP contribution < -0.4 is 21.3 Å². The average molecular weight is 489 g/mol. The van der Waals surface area contributed by atoms with Crippen molar-refractivity contribution in [3.05, 3.63) is 23.3 Å². The largest absolute Gasteiger partial charge is 0.380 e. The van der Waals surface area contributed by atoms with Gasteiger partial charge in [-0.15, -0.1) is 0 Å². The Kier molecular flexibility index (Phi) is 9.34. The van der Waals surface area contributed by atoms with E-state index in [-0.39, 0.29) is 29.9 Å². The van der Waals surface area contributed by atoms with Crippen molar-refractivity contribution in [2.24, 2.45) is 13.0 Å². The van der Waals surface area contributed by atoms with Crippen molar-refractivity contribution >= 4 is 23.2 Å². The van der Waals surface area contributed by atoms with Crippen LogP contribution in [0.5, 0.6) is 0 Å². The minimum atomic E-state index is -0.440. The Morgan fingerprint density at radius 2 is 1.74 bits per heavy atom. The van der Waals surface area contributed by atoms with E-state index >= 15 is 0 Å². The van der Waals surface area contributed by atoms with Crippen LogP contribution in [-0.4, -0.2) is 55.5 Å². The Balaban J connectivity index is 2.00. The molecule has 196 valence electrons. The van der Waals surface area contributed by atoms with Crippen LogP contribution in [0.25, 0.3) is 0 Å². The highest BCUT2D eigenvalue weighted by Gasteiger charge is 2.27. The molecule has 0 aliphatic rings. The number of H-pyrrole nitrogens is 1. The van der Waals surface area contributed by atoms with Crippen LogP contribution in [0.1, 0.15) is 94.9 Å². The van der Waals surface area contributed by atoms with E-state index in [1.807, 2.05) is 41.5 Å². The lowest BCUT2D eigenvalue weighted by Crippen LogP contribution is -2.45. The predicted octanol–water partition coefficient (Wildman–Crippen LogP) is 3.84. The summed E-state index contributed by atoms with van der Waals surface area (Å²) in [4.78, 5) is 25.8. The Bertz CT molecular complexity index is 1010. The quantitative estimate of drug-likeness (QED) is 0.309. The first-order chi connectivity index (χ1) is 16.2. The van der Waals surface area contributed by atoms with Crippen LogP contribution in [0.2, 0.25) is 0 Å². The minimum absolute atomic E-state index is 0.0462. The fraction of sp³-hybridized carbons (Fsp3) is 0.680. The molecule has 0 spiro atoms. The number of aryl methyl sites for hydroxylation is 2. The van der Waals surface area contributed by atoms with Crippen molar-refractivity contribution in [2.45, 2.75) is 98.8 Å². The molecule has 0 fully saturated rings. The number of hydrogen-bond donors (Lipinski definition) is 5. The van der Waals surface area contributed by atoms with Crippen LogP contribution in [0.15, 0.2) is 6.20 Å². The van der Waals surface area contributed by atoms with E-state index in [1.165, 1.54) is 0 Å². The lowest BCUT2D eigenvalue weighted by Gasteiger charge is -2.28. The van der Waals surface area contributed by atoms with Gasteiger partial charge in [-0.25, -0.2) is 0 Å². The Hall–Kier alpha value is -3.04. The third kappa shape index (κ3) is 7.73. The third-order valence-corrected chi connectivity index (χ3v) is 6.16. The molecule has 2 heterocycles. The number of amides is 2. The molecule has 10 heteroatoms. The maximum absolute atomic E-state index is 13.1. The lowest BCUT2D eigenvalue weighted by molar-refractivity contribution is 0.0896. The van der Waals surface area contributed by atoms with E-state index < -0.39 is 5.54 Å². The maximum Gasteiger partial charge on any atom is 0.274 e. The first-order valence-electron chi connectivity index (χ1n) is 12.4. The first kappa shape index (κ1) is 28.2. The summed E-state index contributed by atoms with van der Waals surface area (Å²) in [5, 5.41) is 24.3. The van der Waals surface area contributed by atoms with E-state index in [0.29, 0.717) is 23.0 Å². The second-order valence-electron chi connectivity index (χ2n) is 10.8. The number of carbonyl (C=O) groups excluding carboxylic acids is 2. The van der Waals surface area contributed by atoms with Crippen molar-refractivity contribution < 1.29 is 9.59 Å². The van der Waals surface area contributed by atoms with E-state index in [9.17, 15) is 9.59 Å². The Morgan fingerprint density at radius 1 is 1.09 bits per heavy atom. The Labute approximate surface area is 209 Å². The van der Waals surface area contributed by atoms with Gasteiger partial charge in [0.2, 0.25) is 0 Å². The zero-order chi connectivity index (χ0) is 26.5. The molecule has 0 aromatic carbocycles. The third-order valence-electron chi connectivity index (χ3n) is 6.16. The number of carbonyl (C=O) groups is 2. The topological polar surface area (TPSA) is 129 Å². The number of aromatic nitrogens is 4. The van der Waals surface area contributed by atoms with Gasteiger partial charge in [-0.2, -0.15) is 10.2 Å². The molecule has 0 saturated carbocycles. The molecule has 2 aromatic rings. The molecule has 2 rings (SSSR count). The Morgan fingerprint density at radius 3 is 2.34 bits per heavy atom. The summed E-state index contributed by atoms with van der Waals surface area (Å²) in [6, 6.07) is 0.300. The monoisotopic (exact) mass is 488 g/mol. The van der Waals surface area contributed by atoms with Crippen molar-refractivity contribution in [1.29, 1.82) is 0 Å². The van der Waals surface area contributed by atoms with Crippen molar-refractivity contribution in [3.63, 3.8) is 0 Å². The summed E-state index contributed by atoms with van der Waals surface area (Å²) in [6.45, 7) is 18.2. The lowest BCUT2D eigenvalue weighted by atomic mass is 9.95. The van der Waals surface area contributed by atoms with Gasteiger partial charge >= 0.3 is 0 Å². The predicted molar refractivity (Wildman–Crippen MR) is 141 cm³/mol. The highest BCUT2D eigenvalue weighted by Crippen LogP contribution is 2.23. The number of anilines is 2. The van der Waals surface area contributed by atoms with Gasteiger partial charge in [-0.3, -0.25) is 19.4 Å². The maximum atomic E-state index is 13.1. The molecule has 0 radical (unpaired) electrons. The van der Waals surface area contributed by atoms with Crippen LogP contribution >= 0.6 is 0 Å². The normalized spacial score (nSPS) is 13.6. The molecule has 10 nitrogen and oxygen atoms in total. The van der Waals surface area contributed by atoms with Gasteiger partial charge in [0.25, 0.3) is 11.8 Å². The zero-order valence-corrected chi connectivity index (χ0v) is 23.0. The zero-order valence-electron chi connectivity index (χ0n) is 23.0. The van der Waals surface area contributed by atoms with Crippen LogP contribution in [0.3, 0.4) is 0 Å². The van der Waals surface area contributed by atoms with Crippen LogP contribution in [0, 0.1) is 12.8 Å². The van der Waals surface area contributed by atoms with Crippen molar-refractivity contribution in [3.8, 4) is 0 Å². The first-order valence-corrected chi connectivity index (χ1v) is 12.4. The van der Waals surface area contributed by atoms with Crippen LogP contribution in [-0.2, 0) is 7.05 Å². The van der Waals surface area contributed by atoms with E-state index in [0.717, 1.165) is 24.2 Å². The molecular formula is C25H44N8O2. The highest BCUT2D eigenvalue weighted by molar-refractivity contribution is 5.99. The van der Waals surface area contributed by atoms with E-state index in [2.05, 4.69) is 57.3 Å². The molecule has 2 atom stereocenters. The number of nitrogens with one attached hydrogen (secondary N) is 5. The van der Waals surface area contributed by atoms with Gasteiger partial charge in [0, 0.05) is 30.7 Å². The van der Waals surface area contributed by atoms with Gasteiger partial charge in [-0.05, 0) is 67.2 Å². The summed E-state index contributed by atoms with van der Waals surface area (Å²) in [5.74, 6) is -0.0298. The molecular weight excluding hydrogens is 444 g/mol. The summed E-state index contributed by atoms with van der Waals surface area (Å²) >= 11 is 0. The molecule has 5 N–H and O–H groups in total. The molecule has 0 aliphatic heterocycles. The van der Waals surface area contributed by atoms with E-state index in [1.54, 1.807) is 17.9 Å². The number of rotatable bonds is 12. The van der Waals surface area contributed by atoms with Gasteiger partial charge in [0.1, 0.15) is 5.69 Å². The smallest absolute Gasteiger partial charge is 0.274 e. The second-order valence-corrected chi connectivity index (χ2v) is 10.8. The van der Waals surface area contributed by atoms with Gasteiger partial charge in [0.15, 0.2) is 5.69 Å². The summed E-state index contributed by atoms with van der Waals surface area (Å²) < 4.78 is 1.59. The molecule has 2 aromatic heterocycles. The SMILES string of the molecule is Cc1[nH]nc(C(=O)NC(C)C(C)C)c1NC(C)CCC(C)(C)NC(=O)c1c(NC(C)C)cnn1C. The standard InChI is InChI=1S/C25H44N8O2/c1-14(2)17(6)29-23(34)21-20(18(7)31-32-21)28-16(5)11-12-25(8,9)30-24(35)22-19(27-15(3)4)13-26-33(22)10/h13-17,27-28H,11-12H2,1-10H3,(H,29,34)(H,30,35)(H,31,32). The molecule has 0 bridgehead atoms. The van der Waals surface area contributed by atoms with E-state index in [4.69, 9.17) is 0 Å². The molecule has 35 heavy (non-hydrogen) atoms. The fourth-order valence-corrected chi connectivity index (χ4v) is 3.66. The number of nitrogens with zero attached hydrogens (tertiary/aromatic N) is 3. The average Bonchev–Trinajstić information content (AvgIpc) is 3.28. The summed E-state index contributed by atoms with van der Waals surface area (Å²) in [7, 11) is 1.77. The van der Waals surface area contributed by atoms with Gasteiger partial charge in [-0.1, -0.05) is 13.8 Å². The molecule has 2 amide bonds. The molecule has 0 aliphatic carbocycles. The molecule has 2 unspecified atom stereocenters. The van der Waals surface area contributed by atoms with Gasteiger partial charge in [0.05, 0.1) is 23.3 Å². The summed E-state index contributed by atoms with van der Waals surface area (Å²) in [6.07, 6.45) is 3.20. The van der Waals surface area contributed by atoms with Gasteiger partial charge < -0.3 is 21.3 Å². The molecule has 0 saturated heterocycles. The second kappa shape index (κ2) is 11.6. The minimum Gasteiger partial charge on any atom is -0.380 e. The number of aromatic amines is 1. The highest BCUT2D eigenvalue weighted by atomic mass is 16.2. The van der Waals surface area contributed by atoms with Crippen molar-refractivity contribution in [1.82, 2.24) is 30.6 Å². The number of hydrogen-bond acceptors (Lipinski definition) is 6. The van der Waals surface area contributed by atoms with Crippen LogP contribution in [0.4, 0.5) is 11.4 Å². The fourth-order valence-electron chi connectivity index (χ4n) is 3.66.